The topological polar surface area (TPSA) is 101 Å². The Morgan fingerprint density at radius 3 is 2.26 bits per heavy atom. The molecule has 0 atom stereocenters. The van der Waals surface area contributed by atoms with Crippen LogP contribution in [0.15, 0.2) is 106 Å². The fourth-order valence-corrected chi connectivity index (χ4v) is 5.40. The number of nitrogens with zero attached hydrogens (tertiary/aromatic N) is 4. The first-order valence-corrected chi connectivity index (χ1v) is 14.7. The van der Waals surface area contributed by atoms with Crippen molar-refractivity contribution in [3.8, 4) is 11.1 Å². The van der Waals surface area contributed by atoms with E-state index in [0.29, 0.717) is 33.6 Å². The molecule has 218 valence electrons. The van der Waals surface area contributed by atoms with Crippen molar-refractivity contribution >= 4 is 29.3 Å². The highest BCUT2D eigenvalue weighted by Gasteiger charge is 2.16. The van der Waals surface area contributed by atoms with Gasteiger partial charge in [0.25, 0.3) is 5.56 Å². The average Bonchev–Trinajstić information content (AvgIpc) is 3.00. The monoisotopic (exact) mass is 615 g/mol. The van der Waals surface area contributed by atoms with E-state index in [1.807, 2.05) is 48.5 Å². The molecule has 0 spiro atoms. The van der Waals surface area contributed by atoms with Crippen molar-refractivity contribution < 1.29 is 9.18 Å². The molecule has 3 aromatic carbocycles. The summed E-state index contributed by atoms with van der Waals surface area (Å²) in [5, 5.41) is 1.04. The van der Waals surface area contributed by atoms with Gasteiger partial charge in [0, 0.05) is 54.9 Å². The molecule has 0 unspecified atom stereocenters. The highest BCUT2D eigenvalue weighted by molar-refractivity contribution is 7.98. The first-order chi connectivity index (χ1) is 20.7. The summed E-state index contributed by atoms with van der Waals surface area (Å²) in [6, 6.07) is 21.7. The minimum Gasteiger partial charge on any atom is -0.340 e. The fraction of sp³-hybridized carbons (Fsp3) is 0.156. The van der Waals surface area contributed by atoms with Gasteiger partial charge in [0.15, 0.2) is 5.16 Å². The number of hydrogen-bond acceptors (Lipinski definition) is 6. The number of benzene rings is 3. The van der Waals surface area contributed by atoms with Crippen LogP contribution in [0.4, 0.5) is 4.39 Å². The van der Waals surface area contributed by atoms with Crippen molar-refractivity contribution in [3.63, 3.8) is 0 Å². The predicted octanol–water partition coefficient (Wildman–Crippen LogP) is 5.33. The molecule has 2 heterocycles. The van der Waals surface area contributed by atoms with Gasteiger partial charge in [-0.05, 0) is 52.1 Å². The lowest BCUT2D eigenvalue weighted by atomic mass is 10.0. The molecule has 11 heteroatoms. The third kappa shape index (κ3) is 8.06. The highest BCUT2D eigenvalue weighted by Crippen LogP contribution is 2.23. The van der Waals surface area contributed by atoms with Gasteiger partial charge in [0.05, 0.1) is 0 Å². The second kappa shape index (κ2) is 13.6. The van der Waals surface area contributed by atoms with Crippen molar-refractivity contribution in [3.05, 3.63) is 145 Å². The van der Waals surface area contributed by atoms with Crippen molar-refractivity contribution in [1.82, 2.24) is 24.4 Å². The Kier molecular flexibility index (Phi) is 9.48. The van der Waals surface area contributed by atoms with Gasteiger partial charge in [-0.2, -0.15) is 4.98 Å². The van der Waals surface area contributed by atoms with Crippen LogP contribution in [-0.4, -0.2) is 37.4 Å². The number of amides is 1. The van der Waals surface area contributed by atoms with Gasteiger partial charge in [0.2, 0.25) is 5.91 Å². The minimum atomic E-state index is -0.486. The Morgan fingerprint density at radius 1 is 0.953 bits per heavy atom. The van der Waals surface area contributed by atoms with Crippen LogP contribution in [0.25, 0.3) is 11.1 Å². The summed E-state index contributed by atoms with van der Waals surface area (Å²) < 4.78 is 15.0. The van der Waals surface area contributed by atoms with Gasteiger partial charge >= 0.3 is 5.69 Å². The number of aromatic nitrogens is 4. The van der Waals surface area contributed by atoms with Crippen LogP contribution in [0, 0.1) is 5.82 Å². The number of rotatable bonds is 10. The molecule has 2 aromatic heterocycles. The number of hydrogen-bond donors (Lipinski definition) is 1. The first kappa shape index (κ1) is 29.9. The number of nitrogens with one attached hydrogen (secondary N) is 1. The summed E-state index contributed by atoms with van der Waals surface area (Å²) >= 11 is 7.29. The van der Waals surface area contributed by atoms with Gasteiger partial charge in [0.1, 0.15) is 12.4 Å². The zero-order chi connectivity index (χ0) is 30.3. The van der Waals surface area contributed by atoms with E-state index in [2.05, 4.69) is 15.0 Å². The van der Waals surface area contributed by atoms with E-state index in [1.54, 1.807) is 34.8 Å². The Labute approximate surface area is 256 Å². The molecule has 0 radical (unpaired) electrons. The van der Waals surface area contributed by atoms with Crippen LogP contribution < -0.4 is 11.2 Å². The Bertz CT molecular complexity index is 1820. The summed E-state index contributed by atoms with van der Waals surface area (Å²) in [6.07, 6.45) is 4.70. The van der Waals surface area contributed by atoms with Crippen molar-refractivity contribution in [2.24, 2.45) is 0 Å². The molecule has 0 fully saturated rings. The number of carbonyl (C=O) groups is 1. The molecule has 5 rings (SSSR count). The Balaban J connectivity index is 1.33. The van der Waals surface area contributed by atoms with Gasteiger partial charge in [-0.1, -0.05) is 71.9 Å². The lowest BCUT2D eigenvalue weighted by molar-refractivity contribution is -0.131. The molecular formula is C32H27ClFN5O3S. The molecular weight excluding hydrogens is 589 g/mol. The normalized spacial score (nSPS) is 11.0. The smallest absolute Gasteiger partial charge is 0.340 e. The zero-order valence-electron chi connectivity index (χ0n) is 23.2. The molecule has 1 amide bonds. The van der Waals surface area contributed by atoms with Crippen LogP contribution in [0.1, 0.15) is 22.3 Å². The van der Waals surface area contributed by atoms with Crippen LogP contribution in [0.3, 0.4) is 0 Å². The fourth-order valence-electron chi connectivity index (χ4n) is 4.36. The molecule has 0 saturated carbocycles. The molecule has 0 saturated heterocycles. The van der Waals surface area contributed by atoms with Crippen LogP contribution in [0.5, 0.6) is 0 Å². The summed E-state index contributed by atoms with van der Waals surface area (Å²) in [7, 11) is 1.73. The number of H-pyrrole nitrogens is 1. The Morgan fingerprint density at radius 2 is 1.60 bits per heavy atom. The first-order valence-electron chi connectivity index (χ1n) is 13.3. The number of halogens is 2. The standard InChI is InChI=1S/C32H27ClFN5O3S/c1-38(17-21-2-6-24(7-3-21)25-8-10-27(33)11-9-25)29(40)19-39-18-26(14-23-15-35-31(42)36-16-23)30(41)37-32(39)43-20-22-4-12-28(34)13-5-22/h2-13,15-16,18H,14,17,19-20H2,1H3,(H,35,36,42). The maximum atomic E-state index is 13.4. The Hall–Kier alpha value is -4.54. The van der Waals surface area contributed by atoms with Gasteiger partial charge in [-0.25, -0.2) is 14.2 Å². The SMILES string of the molecule is CN(Cc1ccc(-c2ccc(Cl)cc2)cc1)C(=O)Cn1cc(Cc2cnc(=O)[nH]c2)c(=O)nc1SCc1ccc(F)cc1. The van der Waals surface area contributed by atoms with E-state index in [4.69, 9.17) is 11.6 Å². The third-order valence-electron chi connectivity index (χ3n) is 6.72. The van der Waals surface area contributed by atoms with Gasteiger partial charge in [-0.3, -0.25) is 9.59 Å². The largest absolute Gasteiger partial charge is 0.344 e. The van der Waals surface area contributed by atoms with Crippen molar-refractivity contribution in [2.75, 3.05) is 7.05 Å². The lowest BCUT2D eigenvalue weighted by Gasteiger charge is -2.20. The third-order valence-corrected chi connectivity index (χ3v) is 8.03. The molecule has 8 nitrogen and oxygen atoms in total. The number of thioether (sulfide) groups is 1. The van der Waals surface area contributed by atoms with E-state index < -0.39 is 11.2 Å². The quantitative estimate of drug-likeness (QED) is 0.168. The van der Waals surface area contributed by atoms with Crippen LogP contribution in [0.2, 0.25) is 5.02 Å². The maximum Gasteiger partial charge on any atom is 0.344 e. The zero-order valence-corrected chi connectivity index (χ0v) is 24.7. The second-order valence-corrected chi connectivity index (χ2v) is 11.3. The number of likely N-dealkylation sites (N-methyl/N-ethyl adjacent to an activating group) is 1. The molecule has 1 N–H and O–H groups in total. The summed E-state index contributed by atoms with van der Waals surface area (Å²) in [6.45, 7) is 0.344. The predicted molar refractivity (Wildman–Crippen MR) is 165 cm³/mol. The second-order valence-electron chi connectivity index (χ2n) is 9.95. The van der Waals surface area contributed by atoms with E-state index in [9.17, 15) is 18.8 Å². The van der Waals surface area contributed by atoms with E-state index >= 15 is 0 Å². The molecule has 0 aliphatic heterocycles. The van der Waals surface area contributed by atoms with E-state index in [-0.39, 0.29) is 24.7 Å². The minimum absolute atomic E-state index is 0.0464. The van der Waals surface area contributed by atoms with Crippen molar-refractivity contribution in [1.29, 1.82) is 0 Å². The van der Waals surface area contributed by atoms with E-state index in [1.165, 1.54) is 36.3 Å². The average molecular weight is 616 g/mol. The van der Waals surface area contributed by atoms with Gasteiger partial charge < -0.3 is 14.5 Å². The molecule has 5 aromatic rings. The number of aromatic amines is 1. The number of carbonyl (C=O) groups excluding carboxylic acids is 1. The highest BCUT2D eigenvalue weighted by atomic mass is 35.5. The summed E-state index contributed by atoms with van der Waals surface area (Å²) in [5.41, 5.74) is 3.96. The van der Waals surface area contributed by atoms with Crippen molar-refractivity contribution in [2.45, 2.75) is 30.4 Å². The summed E-state index contributed by atoms with van der Waals surface area (Å²) in [5.74, 6) is -0.0782. The lowest BCUT2D eigenvalue weighted by Crippen LogP contribution is -2.31. The summed E-state index contributed by atoms with van der Waals surface area (Å²) in [4.78, 5) is 49.8. The van der Waals surface area contributed by atoms with Gasteiger partial charge in [-0.15, -0.1) is 0 Å². The molecule has 0 aliphatic rings. The van der Waals surface area contributed by atoms with E-state index in [0.717, 1.165) is 22.3 Å². The molecule has 0 bridgehead atoms. The molecule has 43 heavy (non-hydrogen) atoms. The maximum absolute atomic E-state index is 13.4. The van der Waals surface area contributed by atoms with Crippen LogP contribution >= 0.6 is 23.4 Å². The molecule has 0 aliphatic carbocycles. The van der Waals surface area contributed by atoms with Crippen LogP contribution in [-0.2, 0) is 30.1 Å².